The standard InChI is InChI=1S/C13H17N3O2S/c1-10(9-14)16(2)19(17,18)13-7-3-6-12-11(13)5-4-8-15-12/h3-8,10H,9,14H2,1-2H3. The maximum atomic E-state index is 12.6. The number of pyridine rings is 1. The Balaban J connectivity index is 2.61. The first kappa shape index (κ1) is 13.9. The smallest absolute Gasteiger partial charge is 0.243 e. The monoisotopic (exact) mass is 279 g/mol. The average Bonchev–Trinajstić information content (AvgIpc) is 2.44. The maximum absolute atomic E-state index is 12.6. The summed E-state index contributed by atoms with van der Waals surface area (Å²) in [4.78, 5) is 4.44. The van der Waals surface area contributed by atoms with Gasteiger partial charge < -0.3 is 5.73 Å². The maximum Gasteiger partial charge on any atom is 0.243 e. The molecule has 0 radical (unpaired) electrons. The molecule has 0 fully saturated rings. The fourth-order valence-corrected chi connectivity index (χ4v) is 3.41. The van der Waals surface area contributed by atoms with Gasteiger partial charge in [0.1, 0.15) is 0 Å². The van der Waals surface area contributed by atoms with Gasteiger partial charge in [-0.1, -0.05) is 6.07 Å². The van der Waals surface area contributed by atoms with Crippen molar-refractivity contribution in [2.24, 2.45) is 5.73 Å². The van der Waals surface area contributed by atoms with Crippen LogP contribution in [0.5, 0.6) is 0 Å². The molecule has 1 unspecified atom stereocenters. The summed E-state index contributed by atoms with van der Waals surface area (Å²) in [6, 6.07) is 8.32. The molecule has 0 spiro atoms. The molecule has 0 saturated heterocycles. The summed E-state index contributed by atoms with van der Waals surface area (Å²) in [5, 5.41) is 0.626. The van der Waals surface area contributed by atoms with Gasteiger partial charge in [0.2, 0.25) is 10.0 Å². The zero-order valence-electron chi connectivity index (χ0n) is 10.9. The van der Waals surface area contributed by atoms with Crippen molar-refractivity contribution in [3.8, 4) is 0 Å². The van der Waals surface area contributed by atoms with Crippen molar-refractivity contribution in [3.05, 3.63) is 36.5 Å². The van der Waals surface area contributed by atoms with Gasteiger partial charge in [-0.05, 0) is 31.2 Å². The highest BCUT2D eigenvalue weighted by Gasteiger charge is 2.26. The van der Waals surface area contributed by atoms with E-state index in [4.69, 9.17) is 5.73 Å². The molecule has 2 rings (SSSR count). The van der Waals surface area contributed by atoms with E-state index < -0.39 is 10.0 Å². The van der Waals surface area contributed by atoms with Crippen molar-refractivity contribution >= 4 is 20.9 Å². The van der Waals surface area contributed by atoms with E-state index in [1.54, 1.807) is 50.5 Å². The first-order valence-electron chi connectivity index (χ1n) is 6.00. The molecule has 6 heteroatoms. The fraction of sp³-hybridized carbons (Fsp3) is 0.308. The minimum absolute atomic E-state index is 0.253. The number of hydrogen-bond acceptors (Lipinski definition) is 4. The zero-order chi connectivity index (χ0) is 14.0. The number of aromatic nitrogens is 1. The first-order chi connectivity index (χ1) is 8.98. The third-order valence-corrected chi connectivity index (χ3v) is 5.25. The van der Waals surface area contributed by atoms with Crippen LogP contribution in [0.25, 0.3) is 10.9 Å². The average molecular weight is 279 g/mol. The normalized spacial score (nSPS) is 13.9. The van der Waals surface area contributed by atoms with Crippen LogP contribution in [0.1, 0.15) is 6.92 Å². The van der Waals surface area contributed by atoms with E-state index >= 15 is 0 Å². The van der Waals surface area contributed by atoms with Crippen molar-refractivity contribution in [2.75, 3.05) is 13.6 Å². The molecule has 1 heterocycles. The summed E-state index contributed by atoms with van der Waals surface area (Å²) >= 11 is 0. The number of sulfonamides is 1. The van der Waals surface area contributed by atoms with Crippen LogP contribution >= 0.6 is 0 Å². The van der Waals surface area contributed by atoms with Crippen molar-refractivity contribution in [1.29, 1.82) is 0 Å². The molecule has 2 aromatic rings. The van der Waals surface area contributed by atoms with Gasteiger partial charge in [-0.25, -0.2) is 8.42 Å². The van der Waals surface area contributed by atoms with Gasteiger partial charge in [0.25, 0.3) is 0 Å². The van der Waals surface area contributed by atoms with Crippen molar-refractivity contribution < 1.29 is 8.42 Å². The minimum atomic E-state index is -3.56. The molecule has 5 nitrogen and oxygen atoms in total. The number of nitrogens with zero attached hydrogens (tertiary/aromatic N) is 2. The Bertz CT molecular complexity index is 680. The summed E-state index contributed by atoms with van der Waals surface area (Å²) in [5.74, 6) is 0. The van der Waals surface area contributed by atoms with Gasteiger partial charge in [-0.15, -0.1) is 0 Å². The van der Waals surface area contributed by atoms with Gasteiger partial charge in [0.15, 0.2) is 0 Å². The van der Waals surface area contributed by atoms with E-state index in [0.717, 1.165) is 0 Å². The molecule has 1 atom stereocenters. The van der Waals surface area contributed by atoms with Gasteiger partial charge in [-0.3, -0.25) is 4.98 Å². The van der Waals surface area contributed by atoms with Crippen LogP contribution in [0.3, 0.4) is 0 Å². The number of rotatable bonds is 4. The Hall–Kier alpha value is -1.50. The van der Waals surface area contributed by atoms with Crippen molar-refractivity contribution in [2.45, 2.75) is 17.9 Å². The Morgan fingerprint density at radius 3 is 2.74 bits per heavy atom. The lowest BCUT2D eigenvalue weighted by Crippen LogP contribution is -2.39. The summed E-state index contributed by atoms with van der Waals surface area (Å²) in [6.45, 7) is 2.06. The molecule has 0 bridgehead atoms. The van der Waals surface area contributed by atoms with E-state index in [2.05, 4.69) is 4.98 Å². The second kappa shape index (κ2) is 5.24. The van der Waals surface area contributed by atoms with Crippen LogP contribution in [0.15, 0.2) is 41.4 Å². The molecule has 2 N–H and O–H groups in total. The van der Waals surface area contributed by atoms with Crippen LogP contribution < -0.4 is 5.73 Å². The summed E-state index contributed by atoms with van der Waals surface area (Å²) in [5.41, 5.74) is 6.21. The third-order valence-electron chi connectivity index (χ3n) is 3.22. The van der Waals surface area contributed by atoms with Crippen molar-refractivity contribution in [3.63, 3.8) is 0 Å². The minimum Gasteiger partial charge on any atom is -0.329 e. The molecule has 0 aliphatic carbocycles. The Kier molecular flexibility index (Phi) is 3.84. The van der Waals surface area contributed by atoms with Gasteiger partial charge in [-0.2, -0.15) is 4.31 Å². The fourth-order valence-electron chi connectivity index (χ4n) is 1.84. The second-order valence-corrected chi connectivity index (χ2v) is 6.40. The van der Waals surface area contributed by atoms with Crippen LogP contribution in [0.2, 0.25) is 0 Å². The van der Waals surface area contributed by atoms with E-state index in [1.165, 1.54) is 4.31 Å². The topological polar surface area (TPSA) is 76.3 Å². The number of hydrogen-bond donors (Lipinski definition) is 1. The summed E-state index contributed by atoms with van der Waals surface area (Å²) in [6.07, 6.45) is 1.64. The van der Waals surface area contributed by atoms with E-state index in [1.807, 2.05) is 0 Å². The SMILES string of the molecule is CC(CN)N(C)S(=O)(=O)c1cccc2ncccc12. The van der Waals surface area contributed by atoms with Crippen molar-refractivity contribution in [1.82, 2.24) is 9.29 Å². The van der Waals surface area contributed by atoms with Gasteiger partial charge in [0, 0.05) is 31.2 Å². The molecular weight excluding hydrogens is 262 g/mol. The second-order valence-electron chi connectivity index (χ2n) is 4.43. The quantitative estimate of drug-likeness (QED) is 0.912. The molecule has 0 amide bonds. The Morgan fingerprint density at radius 1 is 1.32 bits per heavy atom. The molecular formula is C13H17N3O2S. The lowest BCUT2D eigenvalue weighted by Gasteiger charge is -2.23. The first-order valence-corrected chi connectivity index (χ1v) is 7.44. The lowest BCUT2D eigenvalue weighted by molar-refractivity contribution is 0.395. The Morgan fingerprint density at radius 2 is 2.05 bits per heavy atom. The number of fused-ring (bicyclic) bond motifs is 1. The predicted octanol–water partition coefficient (Wildman–Crippen LogP) is 1.20. The molecule has 0 aliphatic rings. The molecule has 102 valence electrons. The Labute approximate surface area is 113 Å². The van der Waals surface area contributed by atoms with Gasteiger partial charge in [0.05, 0.1) is 10.4 Å². The molecule has 0 aliphatic heterocycles. The van der Waals surface area contributed by atoms with E-state index in [9.17, 15) is 8.42 Å². The summed E-state index contributed by atoms with van der Waals surface area (Å²) in [7, 11) is -2.02. The molecule has 0 saturated carbocycles. The highest BCUT2D eigenvalue weighted by molar-refractivity contribution is 7.89. The zero-order valence-corrected chi connectivity index (χ0v) is 11.8. The number of benzene rings is 1. The molecule has 1 aromatic heterocycles. The largest absolute Gasteiger partial charge is 0.329 e. The third kappa shape index (κ3) is 2.47. The van der Waals surface area contributed by atoms with Crippen LogP contribution in [0, 0.1) is 0 Å². The van der Waals surface area contributed by atoms with E-state index in [0.29, 0.717) is 10.9 Å². The lowest BCUT2D eigenvalue weighted by atomic mass is 10.2. The van der Waals surface area contributed by atoms with Crippen LogP contribution in [-0.4, -0.2) is 37.3 Å². The van der Waals surface area contributed by atoms with Crippen LogP contribution in [0.4, 0.5) is 0 Å². The van der Waals surface area contributed by atoms with E-state index in [-0.39, 0.29) is 17.5 Å². The predicted molar refractivity (Wildman–Crippen MR) is 75.2 cm³/mol. The molecule has 19 heavy (non-hydrogen) atoms. The highest BCUT2D eigenvalue weighted by atomic mass is 32.2. The number of likely N-dealkylation sites (N-methyl/N-ethyl adjacent to an activating group) is 1. The number of nitrogens with two attached hydrogens (primary N) is 1. The van der Waals surface area contributed by atoms with Gasteiger partial charge >= 0.3 is 0 Å². The van der Waals surface area contributed by atoms with Crippen LogP contribution in [-0.2, 0) is 10.0 Å². The highest BCUT2D eigenvalue weighted by Crippen LogP contribution is 2.24. The molecule has 1 aromatic carbocycles. The summed E-state index contributed by atoms with van der Waals surface area (Å²) < 4.78 is 26.5.